The van der Waals surface area contributed by atoms with Crippen LogP contribution in [0.1, 0.15) is 24.4 Å². The van der Waals surface area contributed by atoms with Gasteiger partial charge >= 0.3 is 0 Å². The molecular formula is C10H13IN2. The first-order valence-electron chi connectivity index (χ1n) is 4.58. The SMILES string of the molecule is CN1CCC[C@H]1c1cnccc1I. The summed E-state index contributed by atoms with van der Waals surface area (Å²) in [6, 6.07) is 2.68. The third kappa shape index (κ3) is 1.86. The van der Waals surface area contributed by atoms with Crippen LogP contribution in [0.15, 0.2) is 18.5 Å². The van der Waals surface area contributed by atoms with Crippen LogP contribution in [0, 0.1) is 3.57 Å². The first-order chi connectivity index (χ1) is 6.29. The Bertz CT molecular complexity index is 301. The second-order valence-corrected chi connectivity index (χ2v) is 4.70. The van der Waals surface area contributed by atoms with Gasteiger partial charge in [-0.2, -0.15) is 0 Å². The Morgan fingerprint density at radius 3 is 3.08 bits per heavy atom. The van der Waals surface area contributed by atoms with Gasteiger partial charge in [-0.05, 0) is 55.1 Å². The minimum absolute atomic E-state index is 0.598. The second-order valence-electron chi connectivity index (χ2n) is 3.54. The van der Waals surface area contributed by atoms with Crippen LogP contribution >= 0.6 is 22.6 Å². The van der Waals surface area contributed by atoms with Crippen molar-refractivity contribution in [3.05, 3.63) is 27.6 Å². The van der Waals surface area contributed by atoms with Crippen LogP contribution in [0.5, 0.6) is 0 Å². The van der Waals surface area contributed by atoms with E-state index in [-0.39, 0.29) is 0 Å². The molecule has 1 atom stereocenters. The molecule has 0 aliphatic carbocycles. The van der Waals surface area contributed by atoms with E-state index in [1.807, 2.05) is 12.4 Å². The fourth-order valence-corrected chi connectivity index (χ4v) is 2.60. The molecule has 2 rings (SSSR count). The molecule has 0 N–H and O–H groups in total. The monoisotopic (exact) mass is 288 g/mol. The lowest BCUT2D eigenvalue weighted by molar-refractivity contribution is 0.316. The van der Waals surface area contributed by atoms with Crippen molar-refractivity contribution in [1.29, 1.82) is 0 Å². The molecule has 0 saturated carbocycles. The summed E-state index contributed by atoms with van der Waals surface area (Å²) in [5.41, 5.74) is 1.39. The fourth-order valence-electron chi connectivity index (χ4n) is 1.94. The average molecular weight is 288 g/mol. The summed E-state index contributed by atoms with van der Waals surface area (Å²) < 4.78 is 1.34. The second kappa shape index (κ2) is 3.92. The minimum atomic E-state index is 0.598. The summed E-state index contributed by atoms with van der Waals surface area (Å²) in [7, 11) is 2.20. The summed E-state index contributed by atoms with van der Waals surface area (Å²) in [6.07, 6.45) is 6.46. The number of hydrogen-bond donors (Lipinski definition) is 0. The molecule has 0 radical (unpaired) electrons. The van der Waals surface area contributed by atoms with Crippen LogP contribution in [0.2, 0.25) is 0 Å². The van der Waals surface area contributed by atoms with E-state index in [2.05, 4.69) is 45.6 Å². The quantitative estimate of drug-likeness (QED) is 0.738. The molecule has 1 aromatic heterocycles. The third-order valence-corrected chi connectivity index (χ3v) is 3.66. The van der Waals surface area contributed by atoms with Crippen molar-refractivity contribution in [2.75, 3.05) is 13.6 Å². The number of rotatable bonds is 1. The van der Waals surface area contributed by atoms with Gasteiger partial charge in [0.15, 0.2) is 0 Å². The molecule has 0 aromatic carbocycles. The molecule has 1 saturated heterocycles. The van der Waals surface area contributed by atoms with Gasteiger partial charge in [0, 0.05) is 27.6 Å². The van der Waals surface area contributed by atoms with Crippen molar-refractivity contribution in [3.63, 3.8) is 0 Å². The van der Waals surface area contributed by atoms with Gasteiger partial charge in [-0.3, -0.25) is 9.88 Å². The maximum absolute atomic E-state index is 4.19. The van der Waals surface area contributed by atoms with Crippen LogP contribution < -0.4 is 0 Å². The zero-order chi connectivity index (χ0) is 9.26. The van der Waals surface area contributed by atoms with E-state index in [0.29, 0.717) is 6.04 Å². The highest BCUT2D eigenvalue weighted by Crippen LogP contribution is 2.32. The van der Waals surface area contributed by atoms with E-state index >= 15 is 0 Å². The molecule has 1 aliphatic heterocycles. The zero-order valence-electron chi connectivity index (χ0n) is 7.70. The third-order valence-electron chi connectivity index (χ3n) is 2.68. The van der Waals surface area contributed by atoms with E-state index in [4.69, 9.17) is 0 Å². The van der Waals surface area contributed by atoms with Gasteiger partial charge in [0.05, 0.1) is 0 Å². The summed E-state index contributed by atoms with van der Waals surface area (Å²) in [6.45, 7) is 1.22. The van der Waals surface area contributed by atoms with Gasteiger partial charge < -0.3 is 0 Å². The first-order valence-corrected chi connectivity index (χ1v) is 5.66. The predicted molar refractivity (Wildman–Crippen MR) is 61.6 cm³/mol. The summed E-state index contributed by atoms with van der Waals surface area (Å²) in [5, 5.41) is 0. The Morgan fingerprint density at radius 1 is 1.62 bits per heavy atom. The van der Waals surface area contributed by atoms with Gasteiger partial charge in [0.25, 0.3) is 0 Å². The van der Waals surface area contributed by atoms with Crippen molar-refractivity contribution in [2.24, 2.45) is 0 Å². The molecular weight excluding hydrogens is 275 g/mol. The van der Waals surface area contributed by atoms with Gasteiger partial charge in [-0.25, -0.2) is 0 Å². The van der Waals surface area contributed by atoms with E-state index < -0.39 is 0 Å². The lowest BCUT2D eigenvalue weighted by Gasteiger charge is -2.20. The topological polar surface area (TPSA) is 16.1 Å². The lowest BCUT2D eigenvalue weighted by Crippen LogP contribution is -2.18. The fraction of sp³-hybridized carbons (Fsp3) is 0.500. The van der Waals surface area contributed by atoms with Crippen LogP contribution in [-0.2, 0) is 0 Å². The molecule has 2 heterocycles. The Balaban J connectivity index is 2.29. The van der Waals surface area contributed by atoms with Crippen LogP contribution in [0.3, 0.4) is 0 Å². The summed E-state index contributed by atoms with van der Waals surface area (Å²) in [4.78, 5) is 6.61. The Kier molecular flexibility index (Phi) is 2.83. The van der Waals surface area contributed by atoms with E-state index in [1.54, 1.807) is 0 Å². The van der Waals surface area contributed by atoms with Crippen LogP contribution in [0.25, 0.3) is 0 Å². The number of pyridine rings is 1. The molecule has 3 heteroatoms. The highest BCUT2D eigenvalue weighted by molar-refractivity contribution is 14.1. The van der Waals surface area contributed by atoms with Gasteiger partial charge in [0.2, 0.25) is 0 Å². The number of nitrogens with zero attached hydrogens (tertiary/aromatic N) is 2. The summed E-state index contributed by atoms with van der Waals surface area (Å²) >= 11 is 2.39. The van der Waals surface area contributed by atoms with Crippen LogP contribution in [0.4, 0.5) is 0 Å². The molecule has 0 unspecified atom stereocenters. The molecule has 0 spiro atoms. The standard InChI is InChI=1S/C10H13IN2/c1-13-6-2-3-10(13)8-7-12-5-4-9(8)11/h4-5,7,10H,2-3,6H2,1H3/t10-/m0/s1. The molecule has 2 nitrogen and oxygen atoms in total. The summed E-state index contributed by atoms with van der Waals surface area (Å²) in [5.74, 6) is 0. The van der Waals surface area contributed by atoms with E-state index in [1.165, 1.54) is 28.5 Å². The van der Waals surface area contributed by atoms with Crippen molar-refractivity contribution in [2.45, 2.75) is 18.9 Å². The van der Waals surface area contributed by atoms with Crippen LogP contribution in [-0.4, -0.2) is 23.5 Å². The van der Waals surface area contributed by atoms with E-state index in [9.17, 15) is 0 Å². The number of likely N-dealkylation sites (tertiary alicyclic amines) is 1. The van der Waals surface area contributed by atoms with E-state index in [0.717, 1.165) is 0 Å². The molecule has 1 aliphatic rings. The highest BCUT2D eigenvalue weighted by Gasteiger charge is 2.23. The molecule has 1 aromatic rings. The smallest absolute Gasteiger partial charge is 0.0371 e. The van der Waals surface area contributed by atoms with Gasteiger partial charge in [0.1, 0.15) is 0 Å². The Labute approximate surface area is 92.5 Å². The molecule has 0 amide bonds. The predicted octanol–water partition coefficient (Wildman–Crippen LogP) is 2.45. The largest absolute Gasteiger partial charge is 0.299 e. The van der Waals surface area contributed by atoms with Crippen molar-refractivity contribution >= 4 is 22.6 Å². The molecule has 70 valence electrons. The first kappa shape index (κ1) is 9.40. The highest BCUT2D eigenvalue weighted by atomic mass is 127. The minimum Gasteiger partial charge on any atom is -0.299 e. The van der Waals surface area contributed by atoms with Crippen molar-refractivity contribution < 1.29 is 0 Å². The Morgan fingerprint density at radius 2 is 2.46 bits per heavy atom. The number of halogens is 1. The zero-order valence-corrected chi connectivity index (χ0v) is 9.86. The lowest BCUT2D eigenvalue weighted by atomic mass is 10.1. The molecule has 1 fully saturated rings. The Hall–Kier alpha value is -0.160. The normalized spacial score (nSPS) is 23.7. The average Bonchev–Trinajstić information content (AvgIpc) is 2.52. The van der Waals surface area contributed by atoms with Gasteiger partial charge in [-0.1, -0.05) is 0 Å². The number of aromatic nitrogens is 1. The number of hydrogen-bond acceptors (Lipinski definition) is 2. The van der Waals surface area contributed by atoms with Gasteiger partial charge in [-0.15, -0.1) is 0 Å². The molecule has 0 bridgehead atoms. The van der Waals surface area contributed by atoms with Crippen molar-refractivity contribution in [3.8, 4) is 0 Å². The van der Waals surface area contributed by atoms with Crippen molar-refractivity contribution in [1.82, 2.24) is 9.88 Å². The maximum Gasteiger partial charge on any atom is 0.0371 e. The maximum atomic E-state index is 4.19. The molecule has 13 heavy (non-hydrogen) atoms.